The smallest absolute Gasteiger partial charge is 0.217 e. The van der Waals surface area contributed by atoms with Crippen LogP contribution >= 0.6 is 0 Å². The second-order valence-corrected chi connectivity index (χ2v) is 4.93. The number of aromatic nitrogens is 2. The van der Waals surface area contributed by atoms with E-state index in [0.717, 1.165) is 22.5 Å². The van der Waals surface area contributed by atoms with Gasteiger partial charge in [-0.15, -0.1) is 0 Å². The lowest BCUT2D eigenvalue weighted by atomic mass is 10.2. The van der Waals surface area contributed by atoms with E-state index in [1.54, 1.807) is 12.4 Å². The van der Waals surface area contributed by atoms with Crippen molar-refractivity contribution in [3.05, 3.63) is 47.8 Å². The van der Waals surface area contributed by atoms with Crippen LogP contribution < -0.4 is 0 Å². The Hall–Kier alpha value is -2.76. The third-order valence-corrected chi connectivity index (χ3v) is 3.45. The molecule has 110 valence electrons. The van der Waals surface area contributed by atoms with Gasteiger partial charge in [0.05, 0.1) is 35.6 Å². The summed E-state index contributed by atoms with van der Waals surface area (Å²) in [6, 6.07) is 7.74. The highest BCUT2D eigenvalue weighted by Crippen LogP contribution is 2.17. The van der Waals surface area contributed by atoms with E-state index in [1.807, 2.05) is 24.3 Å². The molecule has 2 aromatic heterocycles. The maximum Gasteiger partial charge on any atom is 0.217 e. The largest absolute Gasteiger partial charge is 0.475 e. The first kappa shape index (κ1) is 12.9. The average molecular weight is 294 g/mol. The normalized spacial score (nSPS) is 16.7. The fourth-order valence-electron chi connectivity index (χ4n) is 2.36. The lowest BCUT2D eigenvalue weighted by Crippen LogP contribution is -2.03. The van der Waals surface area contributed by atoms with Gasteiger partial charge >= 0.3 is 0 Å². The third-order valence-electron chi connectivity index (χ3n) is 3.45. The summed E-state index contributed by atoms with van der Waals surface area (Å²) >= 11 is 0. The van der Waals surface area contributed by atoms with Crippen molar-refractivity contribution in [1.82, 2.24) is 9.97 Å². The number of hydrogen-bond acceptors (Lipinski definition) is 6. The topological polar surface area (TPSA) is 69.0 Å². The van der Waals surface area contributed by atoms with Gasteiger partial charge in [-0.3, -0.25) is 9.97 Å². The van der Waals surface area contributed by atoms with Crippen molar-refractivity contribution in [1.29, 1.82) is 0 Å². The Labute approximate surface area is 127 Å². The number of aliphatic imine (C=N–C) groups is 2. The van der Waals surface area contributed by atoms with Crippen LogP contribution in [0.1, 0.15) is 11.1 Å². The van der Waals surface area contributed by atoms with Crippen molar-refractivity contribution in [2.45, 2.75) is 0 Å². The Morgan fingerprint density at radius 3 is 1.50 bits per heavy atom. The Morgan fingerprint density at radius 1 is 0.682 bits per heavy atom. The number of rotatable bonds is 3. The van der Waals surface area contributed by atoms with Gasteiger partial charge in [0.2, 0.25) is 11.8 Å². The molecule has 0 spiro atoms. The van der Waals surface area contributed by atoms with Crippen molar-refractivity contribution in [3.63, 3.8) is 0 Å². The van der Waals surface area contributed by atoms with Crippen LogP contribution in [0.4, 0.5) is 0 Å². The molecule has 0 radical (unpaired) electrons. The number of ether oxygens (including phenoxy) is 2. The summed E-state index contributed by atoms with van der Waals surface area (Å²) in [5.41, 5.74) is 3.41. The summed E-state index contributed by atoms with van der Waals surface area (Å²) in [5, 5.41) is 0. The summed E-state index contributed by atoms with van der Waals surface area (Å²) in [6.45, 7) is 2.72. The Bertz CT molecular complexity index is 670. The maximum absolute atomic E-state index is 5.42. The van der Waals surface area contributed by atoms with E-state index in [0.29, 0.717) is 38.1 Å². The molecule has 0 aliphatic carbocycles. The lowest BCUT2D eigenvalue weighted by Gasteiger charge is -2.05. The van der Waals surface area contributed by atoms with E-state index in [9.17, 15) is 0 Å². The number of hydrogen-bond donors (Lipinski definition) is 0. The SMILES string of the molecule is c1cc(-c2ccc(C3=NCCO3)cn2)ncc1C1=NCCO1. The van der Waals surface area contributed by atoms with Crippen LogP contribution in [0, 0.1) is 0 Å². The predicted octanol–water partition coefficient (Wildman–Crippen LogP) is 1.70. The van der Waals surface area contributed by atoms with E-state index >= 15 is 0 Å². The van der Waals surface area contributed by atoms with E-state index in [4.69, 9.17) is 9.47 Å². The molecule has 0 bridgehead atoms. The van der Waals surface area contributed by atoms with Crippen molar-refractivity contribution in [2.24, 2.45) is 9.98 Å². The predicted molar refractivity (Wildman–Crippen MR) is 82.2 cm³/mol. The lowest BCUT2D eigenvalue weighted by molar-refractivity contribution is 0.348. The summed E-state index contributed by atoms with van der Waals surface area (Å²) < 4.78 is 10.8. The summed E-state index contributed by atoms with van der Waals surface area (Å²) in [6.07, 6.45) is 3.53. The van der Waals surface area contributed by atoms with E-state index in [2.05, 4.69) is 20.0 Å². The van der Waals surface area contributed by atoms with E-state index in [-0.39, 0.29) is 0 Å². The highest BCUT2D eigenvalue weighted by molar-refractivity contribution is 5.95. The van der Waals surface area contributed by atoms with E-state index < -0.39 is 0 Å². The molecule has 0 amide bonds. The van der Waals surface area contributed by atoms with Crippen molar-refractivity contribution in [2.75, 3.05) is 26.3 Å². The van der Waals surface area contributed by atoms with Crippen molar-refractivity contribution < 1.29 is 9.47 Å². The quantitative estimate of drug-likeness (QED) is 0.864. The van der Waals surface area contributed by atoms with Gasteiger partial charge in [-0.25, -0.2) is 9.98 Å². The van der Waals surface area contributed by atoms with E-state index in [1.165, 1.54) is 0 Å². The minimum absolute atomic E-state index is 0.645. The molecule has 6 heteroatoms. The molecule has 0 fully saturated rings. The molecule has 0 aromatic carbocycles. The molecule has 2 aromatic rings. The second-order valence-electron chi connectivity index (χ2n) is 4.93. The first-order valence-electron chi connectivity index (χ1n) is 7.18. The minimum atomic E-state index is 0.645. The van der Waals surface area contributed by atoms with Gasteiger partial charge in [0.25, 0.3) is 0 Å². The first-order valence-corrected chi connectivity index (χ1v) is 7.18. The van der Waals surface area contributed by atoms with Crippen LogP contribution in [0.15, 0.2) is 46.6 Å². The molecule has 0 saturated carbocycles. The van der Waals surface area contributed by atoms with Crippen LogP contribution in [0.5, 0.6) is 0 Å². The van der Waals surface area contributed by atoms with Gasteiger partial charge in [-0.1, -0.05) is 0 Å². The van der Waals surface area contributed by atoms with Crippen molar-refractivity contribution in [3.8, 4) is 11.4 Å². The molecule has 0 N–H and O–H groups in total. The standard InChI is InChI=1S/C16H14N4O2/c1-3-13(19-9-11(1)15-17-5-7-21-15)14-4-2-12(10-20-14)16-18-6-8-22-16/h1-4,9-10H,5-8H2. The minimum Gasteiger partial charge on any atom is -0.475 e. The zero-order valence-corrected chi connectivity index (χ0v) is 11.9. The molecular formula is C16H14N4O2. The summed E-state index contributed by atoms with van der Waals surface area (Å²) in [5.74, 6) is 1.33. The summed E-state index contributed by atoms with van der Waals surface area (Å²) in [7, 11) is 0. The molecule has 6 nitrogen and oxygen atoms in total. The third kappa shape index (κ3) is 2.43. The van der Waals surface area contributed by atoms with Crippen LogP contribution in [-0.4, -0.2) is 48.1 Å². The fourth-order valence-corrected chi connectivity index (χ4v) is 2.36. The van der Waals surface area contributed by atoms with Crippen LogP contribution in [0.2, 0.25) is 0 Å². The van der Waals surface area contributed by atoms with Gasteiger partial charge in [0.1, 0.15) is 13.2 Å². The van der Waals surface area contributed by atoms with Crippen LogP contribution in [-0.2, 0) is 9.47 Å². The van der Waals surface area contributed by atoms with Gasteiger partial charge in [0, 0.05) is 12.4 Å². The first-order chi connectivity index (χ1) is 10.9. The molecule has 4 rings (SSSR count). The molecule has 2 aliphatic heterocycles. The van der Waals surface area contributed by atoms with Crippen LogP contribution in [0.3, 0.4) is 0 Å². The van der Waals surface area contributed by atoms with Gasteiger partial charge in [-0.05, 0) is 24.3 Å². The maximum atomic E-state index is 5.42. The van der Waals surface area contributed by atoms with Gasteiger partial charge in [0.15, 0.2) is 0 Å². The Balaban J connectivity index is 1.56. The fraction of sp³-hybridized carbons (Fsp3) is 0.250. The zero-order valence-electron chi connectivity index (χ0n) is 11.9. The number of pyridine rings is 2. The zero-order chi connectivity index (χ0) is 14.8. The molecule has 4 heterocycles. The highest BCUT2D eigenvalue weighted by atomic mass is 16.5. The molecule has 0 unspecified atom stereocenters. The Kier molecular flexibility index (Phi) is 3.27. The molecule has 0 atom stereocenters. The Morgan fingerprint density at radius 2 is 1.18 bits per heavy atom. The monoisotopic (exact) mass is 294 g/mol. The highest BCUT2D eigenvalue weighted by Gasteiger charge is 2.13. The average Bonchev–Trinajstić information content (AvgIpc) is 3.29. The van der Waals surface area contributed by atoms with Crippen molar-refractivity contribution >= 4 is 11.8 Å². The van der Waals surface area contributed by atoms with Crippen LogP contribution in [0.25, 0.3) is 11.4 Å². The second kappa shape index (κ2) is 5.55. The molecular weight excluding hydrogens is 280 g/mol. The molecule has 0 saturated heterocycles. The van der Waals surface area contributed by atoms with Gasteiger partial charge in [-0.2, -0.15) is 0 Å². The molecule has 22 heavy (non-hydrogen) atoms. The molecule has 2 aliphatic rings. The number of nitrogens with zero attached hydrogens (tertiary/aromatic N) is 4. The van der Waals surface area contributed by atoms with Gasteiger partial charge < -0.3 is 9.47 Å². The summed E-state index contributed by atoms with van der Waals surface area (Å²) in [4.78, 5) is 17.4.